The number of benzene rings is 2. The minimum absolute atomic E-state index is 0.133. The monoisotopic (exact) mass is 290 g/mol. The van der Waals surface area contributed by atoms with Crippen LogP contribution in [0.2, 0.25) is 0 Å². The lowest BCUT2D eigenvalue weighted by Crippen LogP contribution is -2.03. The predicted molar refractivity (Wildman–Crippen MR) is 77.8 cm³/mol. The van der Waals surface area contributed by atoms with Crippen LogP contribution >= 0.6 is 12.2 Å². The third kappa shape index (κ3) is 1.86. The molecular formula is C15H12F2N2S. The van der Waals surface area contributed by atoms with Gasteiger partial charge in [0.25, 0.3) is 0 Å². The number of rotatable bonds is 1. The van der Waals surface area contributed by atoms with Crippen molar-refractivity contribution in [3.63, 3.8) is 0 Å². The molecule has 1 N–H and O–H groups in total. The third-order valence-electron chi connectivity index (χ3n) is 3.32. The van der Waals surface area contributed by atoms with Crippen LogP contribution in [-0.2, 0) is 0 Å². The van der Waals surface area contributed by atoms with Crippen molar-refractivity contribution in [2.24, 2.45) is 0 Å². The average Bonchev–Trinajstić information content (AvgIpc) is 2.71. The molecule has 0 radical (unpaired) electrons. The Kier molecular flexibility index (Phi) is 2.94. The first-order valence-corrected chi connectivity index (χ1v) is 6.56. The van der Waals surface area contributed by atoms with E-state index < -0.39 is 11.6 Å². The highest BCUT2D eigenvalue weighted by atomic mass is 32.1. The average molecular weight is 290 g/mol. The lowest BCUT2D eigenvalue weighted by atomic mass is 10.1. The number of fused-ring (bicyclic) bond motifs is 1. The molecule has 0 amide bonds. The molecule has 0 aliphatic rings. The minimum Gasteiger partial charge on any atom is -0.330 e. The normalized spacial score (nSPS) is 11.2. The molecule has 0 atom stereocenters. The number of nitrogens with one attached hydrogen (secondary N) is 1. The lowest BCUT2D eigenvalue weighted by Gasteiger charge is -2.09. The summed E-state index contributed by atoms with van der Waals surface area (Å²) in [5.74, 6) is -1.23. The van der Waals surface area contributed by atoms with E-state index in [9.17, 15) is 8.78 Å². The maximum absolute atomic E-state index is 14.3. The van der Waals surface area contributed by atoms with Crippen molar-refractivity contribution in [3.05, 3.63) is 57.9 Å². The van der Waals surface area contributed by atoms with E-state index in [-0.39, 0.29) is 10.5 Å². The molecule has 3 aromatic rings. The smallest absolute Gasteiger partial charge is 0.182 e. The molecule has 0 spiro atoms. The van der Waals surface area contributed by atoms with E-state index in [2.05, 4.69) is 4.98 Å². The lowest BCUT2D eigenvalue weighted by molar-refractivity contribution is 0.564. The first kappa shape index (κ1) is 13.0. The fraction of sp³-hybridized carbons (Fsp3) is 0.133. The maximum Gasteiger partial charge on any atom is 0.182 e. The second-order valence-electron chi connectivity index (χ2n) is 4.81. The summed E-state index contributed by atoms with van der Waals surface area (Å²) < 4.78 is 30.1. The summed E-state index contributed by atoms with van der Waals surface area (Å²) in [5, 5.41) is 0. The molecule has 0 bridgehead atoms. The molecule has 3 rings (SSSR count). The number of imidazole rings is 1. The summed E-state index contributed by atoms with van der Waals surface area (Å²) in [4.78, 5) is 2.97. The van der Waals surface area contributed by atoms with Crippen LogP contribution in [0.3, 0.4) is 0 Å². The Labute approximate surface area is 119 Å². The van der Waals surface area contributed by atoms with Gasteiger partial charge in [0.05, 0.1) is 11.0 Å². The number of hydrogen-bond donors (Lipinski definition) is 1. The van der Waals surface area contributed by atoms with Crippen molar-refractivity contribution in [3.8, 4) is 5.69 Å². The molecular weight excluding hydrogens is 278 g/mol. The Morgan fingerprint density at radius 2 is 1.85 bits per heavy atom. The summed E-state index contributed by atoms with van der Waals surface area (Å²) in [6, 6.07) is 8.29. The minimum atomic E-state index is -0.633. The first-order chi connectivity index (χ1) is 9.49. The number of aromatic nitrogens is 2. The predicted octanol–water partition coefficient (Wildman–Crippen LogP) is 4.58. The van der Waals surface area contributed by atoms with Gasteiger partial charge < -0.3 is 4.98 Å². The quantitative estimate of drug-likeness (QED) is 0.650. The number of nitrogens with zero attached hydrogens (tertiary/aromatic N) is 1. The molecule has 0 aliphatic heterocycles. The SMILES string of the molecule is Cc1ccc2[nH]c(=S)n(-c3c(F)ccc(C)c3F)c2c1. The zero-order valence-electron chi connectivity index (χ0n) is 11.0. The Bertz CT molecular complexity index is 877. The summed E-state index contributed by atoms with van der Waals surface area (Å²) >= 11 is 5.21. The van der Waals surface area contributed by atoms with Crippen molar-refractivity contribution in [1.29, 1.82) is 0 Å². The van der Waals surface area contributed by atoms with Crippen LogP contribution in [0, 0.1) is 30.3 Å². The van der Waals surface area contributed by atoms with Gasteiger partial charge in [-0.3, -0.25) is 4.57 Å². The van der Waals surface area contributed by atoms with E-state index in [1.807, 2.05) is 25.1 Å². The first-order valence-electron chi connectivity index (χ1n) is 6.15. The van der Waals surface area contributed by atoms with Gasteiger partial charge in [-0.05, 0) is 55.4 Å². The van der Waals surface area contributed by atoms with Gasteiger partial charge >= 0.3 is 0 Å². The molecule has 20 heavy (non-hydrogen) atoms. The van der Waals surface area contributed by atoms with Crippen LogP contribution in [-0.4, -0.2) is 9.55 Å². The largest absolute Gasteiger partial charge is 0.330 e. The molecule has 1 heterocycles. The highest BCUT2D eigenvalue weighted by Crippen LogP contribution is 2.26. The third-order valence-corrected chi connectivity index (χ3v) is 3.61. The van der Waals surface area contributed by atoms with E-state index in [1.54, 1.807) is 6.92 Å². The van der Waals surface area contributed by atoms with E-state index in [1.165, 1.54) is 16.7 Å². The fourth-order valence-corrected chi connectivity index (χ4v) is 2.58. The van der Waals surface area contributed by atoms with Gasteiger partial charge in [0.2, 0.25) is 0 Å². The summed E-state index contributed by atoms with van der Waals surface area (Å²) in [6.07, 6.45) is 0. The van der Waals surface area contributed by atoms with Crippen molar-refractivity contribution >= 4 is 23.3 Å². The maximum atomic E-state index is 14.3. The van der Waals surface area contributed by atoms with Gasteiger partial charge in [-0.15, -0.1) is 0 Å². The van der Waals surface area contributed by atoms with E-state index in [0.717, 1.165) is 11.1 Å². The van der Waals surface area contributed by atoms with Crippen molar-refractivity contribution in [2.75, 3.05) is 0 Å². The van der Waals surface area contributed by atoms with E-state index in [4.69, 9.17) is 12.2 Å². The van der Waals surface area contributed by atoms with Crippen molar-refractivity contribution < 1.29 is 8.78 Å². The van der Waals surface area contributed by atoms with Crippen LogP contribution < -0.4 is 0 Å². The summed E-state index contributed by atoms with van der Waals surface area (Å²) in [7, 11) is 0. The molecule has 0 unspecified atom stereocenters. The summed E-state index contributed by atoms with van der Waals surface area (Å²) in [5.41, 5.74) is 2.66. The van der Waals surface area contributed by atoms with Crippen molar-refractivity contribution in [1.82, 2.24) is 9.55 Å². The molecule has 5 heteroatoms. The highest BCUT2D eigenvalue weighted by molar-refractivity contribution is 7.71. The van der Waals surface area contributed by atoms with Gasteiger partial charge in [0, 0.05) is 0 Å². The Morgan fingerprint density at radius 3 is 2.60 bits per heavy atom. The summed E-state index contributed by atoms with van der Waals surface area (Å²) in [6.45, 7) is 3.52. The van der Waals surface area contributed by atoms with Gasteiger partial charge in [0.15, 0.2) is 10.6 Å². The van der Waals surface area contributed by atoms with Crippen LogP contribution in [0.25, 0.3) is 16.7 Å². The van der Waals surface area contributed by atoms with Gasteiger partial charge in [-0.1, -0.05) is 12.1 Å². The fourth-order valence-electron chi connectivity index (χ4n) is 2.28. The second-order valence-corrected chi connectivity index (χ2v) is 5.20. The van der Waals surface area contributed by atoms with E-state index in [0.29, 0.717) is 11.1 Å². The Hall–Kier alpha value is -2.01. The zero-order valence-corrected chi connectivity index (χ0v) is 11.8. The molecule has 2 nitrogen and oxygen atoms in total. The molecule has 2 aromatic carbocycles. The number of halogens is 2. The standard InChI is InChI=1S/C15H12F2N2S/c1-8-3-6-11-12(7-8)19(15(20)18-11)14-10(16)5-4-9(2)13(14)17/h3-7H,1-2H3,(H,18,20). The van der Waals surface area contributed by atoms with Crippen LogP contribution in [0.15, 0.2) is 30.3 Å². The number of H-pyrrole nitrogens is 1. The molecule has 0 fully saturated rings. The second kappa shape index (κ2) is 4.52. The van der Waals surface area contributed by atoms with Gasteiger partial charge in [-0.2, -0.15) is 0 Å². The topological polar surface area (TPSA) is 20.7 Å². The Balaban J connectivity index is 2.47. The van der Waals surface area contributed by atoms with Crippen LogP contribution in [0.1, 0.15) is 11.1 Å². The van der Waals surface area contributed by atoms with Crippen molar-refractivity contribution in [2.45, 2.75) is 13.8 Å². The number of aryl methyl sites for hydroxylation is 2. The van der Waals surface area contributed by atoms with Gasteiger partial charge in [-0.25, -0.2) is 8.78 Å². The van der Waals surface area contributed by atoms with Crippen LogP contribution in [0.4, 0.5) is 8.78 Å². The molecule has 102 valence electrons. The van der Waals surface area contributed by atoms with E-state index >= 15 is 0 Å². The number of hydrogen-bond acceptors (Lipinski definition) is 1. The Morgan fingerprint density at radius 1 is 1.10 bits per heavy atom. The molecule has 0 saturated carbocycles. The molecule has 0 aliphatic carbocycles. The number of aromatic amines is 1. The van der Waals surface area contributed by atoms with Crippen LogP contribution in [0.5, 0.6) is 0 Å². The zero-order chi connectivity index (χ0) is 14.4. The highest BCUT2D eigenvalue weighted by Gasteiger charge is 2.17. The molecule has 1 aromatic heterocycles. The molecule has 0 saturated heterocycles. The van der Waals surface area contributed by atoms with Gasteiger partial charge in [0.1, 0.15) is 11.5 Å².